The molecular formula is C21H22N2O3. The summed E-state index contributed by atoms with van der Waals surface area (Å²) in [5.74, 6) is 0.351. The highest BCUT2D eigenvalue weighted by atomic mass is 16.5. The number of carbonyl (C=O) groups excluding carboxylic acids is 2. The van der Waals surface area contributed by atoms with Crippen molar-refractivity contribution in [2.24, 2.45) is 0 Å². The Hall–Kier alpha value is -3.08. The molecule has 3 rings (SSSR count). The van der Waals surface area contributed by atoms with Gasteiger partial charge in [0.15, 0.2) is 0 Å². The van der Waals surface area contributed by atoms with E-state index in [1.54, 1.807) is 24.3 Å². The highest BCUT2D eigenvalue weighted by molar-refractivity contribution is 6.02. The van der Waals surface area contributed by atoms with Crippen molar-refractivity contribution in [3.8, 4) is 5.75 Å². The topological polar surface area (TPSA) is 67.4 Å². The molecule has 2 amide bonds. The molecule has 26 heavy (non-hydrogen) atoms. The predicted octanol–water partition coefficient (Wildman–Crippen LogP) is 3.63. The van der Waals surface area contributed by atoms with Gasteiger partial charge in [-0.2, -0.15) is 0 Å². The van der Waals surface area contributed by atoms with Crippen LogP contribution in [0.25, 0.3) is 6.08 Å². The van der Waals surface area contributed by atoms with Gasteiger partial charge in [-0.1, -0.05) is 24.3 Å². The van der Waals surface area contributed by atoms with Crippen molar-refractivity contribution in [3.63, 3.8) is 0 Å². The van der Waals surface area contributed by atoms with E-state index in [0.717, 1.165) is 18.4 Å². The number of nitrogens with one attached hydrogen (secondary N) is 2. The van der Waals surface area contributed by atoms with Crippen LogP contribution >= 0.6 is 0 Å². The Morgan fingerprint density at radius 1 is 1.12 bits per heavy atom. The molecule has 5 nitrogen and oxygen atoms in total. The van der Waals surface area contributed by atoms with E-state index in [-0.39, 0.29) is 11.8 Å². The molecule has 0 unspecified atom stereocenters. The van der Waals surface area contributed by atoms with Crippen LogP contribution in [0.2, 0.25) is 0 Å². The fraction of sp³-hybridized carbons (Fsp3) is 0.238. The number of benzene rings is 2. The van der Waals surface area contributed by atoms with Crippen LogP contribution < -0.4 is 15.4 Å². The molecule has 0 aliphatic heterocycles. The lowest BCUT2D eigenvalue weighted by atomic mass is 10.1. The van der Waals surface area contributed by atoms with Gasteiger partial charge < -0.3 is 15.4 Å². The molecule has 0 saturated heterocycles. The molecule has 0 radical (unpaired) electrons. The largest absolute Gasteiger partial charge is 0.492 e. The molecular weight excluding hydrogens is 328 g/mol. The number of amides is 2. The second kappa shape index (κ2) is 8.34. The number of anilines is 1. The van der Waals surface area contributed by atoms with E-state index in [1.807, 2.05) is 37.3 Å². The van der Waals surface area contributed by atoms with E-state index in [1.165, 1.54) is 6.08 Å². The Labute approximate surface area is 153 Å². The third-order valence-corrected chi connectivity index (χ3v) is 3.96. The zero-order valence-electron chi connectivity index (χ0n) is 14.7. The first-order valence-corrected chi connectivity index (χ1v) is 8.77. The molecule has 2 aromatic carbocycles. The summed E-state index contributed by atoms with van der Waals surface area (Å²) in [4.78, 5) is 24.1. The van der Waals surface area contributed by atoms with E-state index in [4.69, 9.17) is 4.74 Å². The predicted molar refractivity (Wildman–Crippen MR) is 102 cm³/mol. The van der Waals surface area contributed by atoms with E-state index < -0.39 is 0 Å². The Morgan fingerprint density at radius 2 is 1.85 bits per heavy atom. The van der Waals surface area contributed by atoms with Crippen LogP contribution in [0.4, 0.5) is 5.69 Å². The van der Waals surface area contributed by atoms with E-state index in [9.17, 15) is 9.59 Å². The average molecular weight is 350 g/mol. The van der Waals surface area contributed by atoms with Gasteiger partial charge >= 0.3 is 0 Å². The maximum absolute atomic E-state index is 12.1. The monoisotopic (exact) mass is 350 g/mol. The molecule has 5 heteroatoms. The van der Waals surface area contributed by atoms with Crippen molar-refractivity contribution in [2.75, 3.05) is 11.9 Å². The Bertz CT molecular complexity index is 808. The first kappa shape index (κ1) is 17.7. The van der Waals surface area contributed by atoms with Gasteiger partial charge in [0.05, 0.1) is 12.3 Å². The molecule has 1 aliphatic rings. The zero-order valence-corrected chi connectivity index (χ0v) is 14.7. The van der Waals surface area contributed by atoms with Gasteiger partial charge in [-0.05, 0) is 55.7 Å². The van der Waals surface area contributed by atoms with Gasteiger partial charge in [0.2, 0.25) is 5.91 Å². The quantitative estimate of drug-likeness (QED) is 0.749. The minimum atomic E-state index is -0.243. The van der Waals surface area contributed by atoms with Crippen molar-refractivity contribution in [2.45, 2.75) is 25.8 Å². The molecule has 1 saturated carbocycles. The molecule has 2 N–H and O–H groups in total. The van der Waals surface area contributed by atoms with Crippen LogP contribution in [-0.2, 0) is 4.79 Å². The van der Waals surface area contributed by atoms with Crippen LogP contribution in [0.3, 0.4) is 0 Å². The van der Waals surface area contributed by atoms with E-state index >= 15 is 0 Å². The summed E-state index contributed by atoms with van der Waals surface area (Å²) in [6.45, 7) is 2.43. The van der Waals surface area contributed by atoms with E-state index in [2.05, 4.69) is 10.6 Å². The minimum absolute atomic E-state index is 0.0479. The second-order valence-electron chi connectivity index (χ2n) is 6.12. The highest BCUT2D eigenvalue weighted by Gasteiger charge is 2.23. The summed E-state index contributed by atoms with van der Waals surface area (Å²) in [6.07, 6.45) is 5.30. The third-order valence-electron chi connectivity index (χ3n) is 3.96. The fourth-order valence-electron chi connectivity index (χ4n) is 2.44. The number of carbonyl (C=O) groups is 2. The maximum atomic E-state index is 12.1. The molecule has 0 aromatic heterocycles. The number of hydrogen-bond donors (Lipinski definition) is 2. The smallest absolute Gasteiger partial charge is 0.251 e. The van der Waals surface area contributed by atoms with Crippen LogP contribution in [0.15, 0.2) is 54.6 Å². The molecule has 0 atom stereocenters. The highest BCUT2D eigenvalue weighted by Crippen LogP contribution is 2.23. The maximum Gasteiger partial charge on any atom is 0.251 e. The summed E-state index contributed by atoms with van der Waals surface area (Å²) in [5.41, 5.74) is 2.11. The van der Waals surface area contributed by atoms with Crippen LogP contribution in [-0.4, -0.2) is 24.5 Å². The molecule has 134 valence electrons. The molecule has 0 spiro atoms. The lowest BCUT2D eigenvalue weighted by molar-refractivity contribution is -0.111. The van der Waals surface area contributed by atoms with Crippen molar-refractivity contribution < 1.29 is 14.3 Å². The zero-order chi connectivity index (χ0) is 18.4. The van der Waals surface area contributed by atoms with Gasteiger partial charge in [-0.15, -0.1) is 0 Å². The average Bonchev–Trinajstić information content (AvgIpc) is 3.46. The third kappa shape index (κ3) is 4.96. The summed E-state index contributed by atoms with van der Waals surface area (Å²) >= 11 is 0. The Balaban J connectivity index is 1.58. The number of ether oxygens (including phenoxy) is 1. The molecule has 1 fully saturated rings. The van der Waals surface area contributed by atoms with Crippen molar-refractivity contribution in [3.05, 3.63) is 65.7 Å². The molecule has 2 aromatic rings. The lowest BCUT2D eigenvalue weighted by Crippen LogP contribution is -2.25. The molecule has 1 aliphatic carbocycles. The molecule has 0 bridgehead atoms. The standard InChI is InChI=1S/C21H22N2O3/c1-2-26-19-6-4-3-5-18(19)23-20(24)14-9-15-7-10-16(11-8-15)21(25)22-17-12-13-17/h3-11,14,17H,2,12-13H2,1H3,(H,22,25)(H,23,24). The SMILES string of the molecule is CCOc1ccccc1NC(=O)C=Cc1ccc(C(=O)NC2CC2)cc1. The van der Waals surface area contributed by atoms with Crippen LogP contribution in [0, 0.1) is 0 Å². The number of hydrogen-bond acceptors (Lipinski definition) is 3. The number of para-hydroxylation sites is 2. The van der Waals surface area contributed by atoms with Gasteiger partial charge in [0, 0.05) is 17.7 Å². The van der Waals surface area contributed by atoms with Crippen molar-refractivity contribution in [1.29, 1.82) is 0 Å². The van der Waals surface area contributed by atoms with Crippen molar-refractivity contribution >= 4 is 23.6 Å². The van der Waals surface area contributed by atoms with E-state index in [0.29, 0.717) is 29.6 Å². The fourth-order valence-corrected chi connectivity index (χ4v) is 2.44. The minimum Gasteiger partial charge on any atom is -0.492 e. The lowest BCUT2D eigenvalue weighted by Gasteiger charge is -2.09. The van der Waals surface area contributed by atoms with Gasteiger partial charge in [-0.25, -0.2) is 0 Å². The first-order valence-electron chi connectivity index (χ1n) is 8.77. The summed E-state index contributed by atoms with van der Waals surface area (Å²) < 4.78 is 5.49. The summed E-state index contributed by atoms with van der Waals surface area (Å²) in [6, 6.07) is 14.8. The van der Waals surface area contributed by atoms with Crippen molar-refractivity contribution in [1.82, 2.24) is 5.32 Å². The van der Waals surface area contributed by atoms with Crippen LogP contribution in [0.5, 0.6) is 5.75 Å². The first-order chi connectivity index (χ1) is 12.7. The summed E-state index contributed by atoms with van der Waals surface area (Å²) in [7, 11) is 0. The van der Waals surface area contributed by atoms with Gasteiger partial charge in [0.25, 0.3) is 5.91 Å². The van der Waals surface area contributed by atoms with Gasteiger partial charge in [0.1, 0.15) is 5.75 Å². The Kier molecular flexibility index (Phi) is 5.69. The van der Waals surface area contributed by atoms with Gasteiger partial charge in [-0.3, -0.25) is 9.59 Å². The Morgan fingerprint density at radius 3 is 2.54 bits per heavy atom. The number of rotatable bonds is 7. The van der Waals surface area contributed by atoms with Crippen LogP contribution in [0.1, 0.15) is 35.7 Å². The molecule has 0 heterocycles. The summed E-state index contributed by atoms with van der Waals surface area (Å²) in [5, 5.41) is 5.76. The normalized spacial score (nSPS) is 13.4. The second-order valence-corrected chi connectivity index (χ2v) is 6.12.